The Morgan fingerprint density at radius 2 is 1.85 bits per heavy atom. The molecule has 1 aromatic carbocycles. The number of amides is 2. The van der Waals surface area contributed by atoms with Gasteiger partial charge in [0, 0.05) is 44.7 Å². The highest BCUT2D eigenvalue weighted by Crippen LogP contribution is 2.42. The van der Waals surface area contributed by atoms with Crippen molar-refractivity contribution in [1.82, 2.24) is 14.1 Å². The second-order valence-electron chi connectivity index (χ2n) is 9.11. The van der Waals surface area contributed by atoms with Gasteiger partial charge in [0.2, 0.25) is 21.8 Å². The molecule has 2 fully saturated rings. The number of sulfonamides is 1. The first-order valence-corrected chi connectivity index (χ1v) is 13.7. The van der Waals surface area contributed by atoms with E-state index in [0.29, 0.717) is 51.1 Å². The van der Waals surface area contributed by atoms with E-state index >= 15 is 0 Å². The molecule has 0 N–H and O–H groups in total. The minimum atomic E-state index is -3.26. The van der Waals surface area contributed by atoms with Gasteiger partial charge < -0.3 is 14.5 Å². The van der Waals surface area contributed by atoms with E-state index in [1.54, 1.807) is 14.2 Å². The minimum Gasteiger partial charge on any atom is -0.496 e. The third-order valence-corrected chi connectivity index (χ3v) is 8.39. The fourth-order valence-electron chi connectivity index (χ4n) is 5.05. The van der Waals surface area contributed by atoms with E-state index in [-0.39, 0.29) is 29.8 Å². The standard InChI is InChI=1S/C24H37N3O5S/c1-5-6-15-27-22(28)12-11-20(23(27)19-9-7-8-10-21(19)32-3)24(29)26-16-13-18(14-17-26)25(2)33(4,30)31/h7-10,18,20,23H,5-6,11-17H2,1-4H3. The molecule has 33 heavy (non-hydrogen) atoms. The third-order valence-electron chi connectivity index (χ3n) is 7.05. The van der Waals surface area contributed by atoms with Crippen LogP contribution in [0.25, 0.3) is 0 Å². The summed E-state index contributed by atoms with van der Waals surface area (Å²) < 4.78 is 30.8. The number of carbonyl (C=O) groups is 2. The predicted octanol–water partition coefficient (Wildman–Crippen LogP) is 2.66. The average molecular weight is 480 g/mol. The normalized spacial score (nSPS) is 22.6. The molecule has 2 amide bonds. The third kappa shape index (κ3) is 5.69. The van der Waals surface area contributed by atoms with Gasteiger partial charge in [0.25, 0.3) is 0 Å². The summed E-state index contributed by atoms with van der Waals surface area (Å²) in [5.74, 6) is 0.460. The van der Waals surface area contributed by atoms with E-state index < -0.39 is 10.0 Å². The number of ether oxygens (including phenoxy) is 1. The van der Waals surface area contributed by atoms with Crippen LogP contribution in [-0.4, -0.2) is 80.4 Å². The summed E-state index contributed by atoms with van der Waals surface area (Å²) in [6.07, 6.45) is 5.14. The summed E-state index contributed by atoms with van der Waals surface area (Å²) in [7, 11) is -0.0481. The molecule has 8 nitrogen and oxygen atoms in total. The first kappa shape index (κ1) is 25.5. The van der Waals surface area contributed by atoms with Crippen LogP contribution in [0.3, 0.4) is 0 Å². The van der Waals surface area contributed by atoms with E-state index in [0.717, 1.165) is 18.4 Å². The van der Waals surface area contributed by atoms with Gasteiger partial charge in [-0.3, -0.25) is 9.59 Å². The van der Waals surface area contributed by atoms with Crippen molar-refractivity contribution in [3.8, 4) is 5.75 Å². The van der Waals surface area contributed by atoms with Gasteiger partial charge in [-0.05, 0) is 31.7 Å². The maximum atomic E-state index is 13.8. The van der Waals surface area contributed by atoms with E-state index in [4.69, 9.17) is 4.74 Å². The zero-order chi connectivity index (χ0) is 24.2. The molecule has 0 aliphatic carbocycles. The van der Waals surface area contributed by atoms with E-state index in [1.807, 2.05) is 34.1 Å². The Labute approximate surface area is 197 Å². The smallest absolute Gasteiger partial charge is 0.228 e. The first-order valence-electron chi connectivity index (χ1n) is 11.8. The number of para-hydroxylation sites is 1. The van der Waals surface area contributed by atoms with Gasteiger partial charge in [-0.15, -0.1) is 0 Å². The Hall–Kier alpha value is -2.13. The Balaban J connectivity index is 1.85. The molecule has 0 spiro atoms. The van der Waals surface area contributed by atoms with Gasteiger partial charge in [-0.2, -0.15) is 0 Å². The van der Waals surface area contributed by atoms with E-state index in [1.165, 1.54) is 10.6 Å². The molecule has 0 aromatic heterocycles. The summed E-state index contributed by atoms with van der Waals surface area (Å²) in [5, 5.41) is 0. The summed E-state index contributed by atoms with van der Waals surface area (Å²) >= 11 is 0. The quantitative estimate of drug-likeness (QED) is 0.572. The molecular formula is C24H37N3O5S. The number of methoxy groups -OCH3 is 1. The lowest BCUT2D eigenvalue weighted by atomic mass is 9.82. The summed E-state index contributed by atoms with van der Waals surface area (Å²) in [5.41, 5.74) is 0.870. The number of rotatable bonds is 8. The van der Waals surface area contributed by atoms with Crippen molar-refractivity contribution in [2.75, 3.05) is 40.0 Å². The van der Waals surface area contributed by atoms with Gasteiger partial charge in [-0.25, -0.2) is 12.7 Å². The van der Waals surface area contributed by atoms with Gasteiger partial charge in [0.1, 0.15) is 5.75 Å². The van der Waals surface area contributed by atoms with Crippen molar-refractivity contribution < 1.29 is 22.7 Å². The molecule has 1 aromatic rings. The molecule has 2 unspecified atom stereocenters. The maximum absolute atomic E-state index is 13.8. The SMILES string of the molecule is CCCCN1C(=O)CCC(C(=O)N2CCC(N(C)S(C)(=O)=O)CC2)C1c1ccccc1OC. The number of benzene rings is 1. The Bertz CT molecular complexity index is 943. The molecular weight excluding hydrogens is 442 g/mol. The molecule has 0 bridgehead atoms. The minimum absolute atomic E-state index is 0.0420. The lowest BCUT2D eigenvalue weighted by molar-refractivity contribution is -0.149. The van der Waals surface area contributed by atoms with Crippen molar-refractivity contribution >= 4 is 21.8 Å². The lowest BCUT2D eigenvalue weighted by Gasteiger charge is -2.44. The van der Waals surface area contributed by atoms with Crippen LogP contribution in [0.1, 0.15) is 57.1 Å². The van der Waals surface area contributed by atoms with Gasteiger partial charge in [0.05, 0.1) is 25.3 Å². The number of piperidine rings is 2. The fourth-order valence-corrected chi connectivity index (χ4v) is 5.81. The van der Waals surface area contributed by atoms with Gasteiger partial charge in [0.15, 0.2) is 0 Å². The van der Waals surface area contributed by atoms with E-state index in [9.17, 15) is 18.0 Å². The Kier molecular flexibility index (Phi) is 8.39. The lowest BCUT2D eigenvalue weighted by Crippen LogP contribution is -2.52. The maximum Gasteiger partial charge on any atom is 0.228 e. The number of hydrogen-bond donors (Lipinski definition) is 0. The Morgan fingerprint density at radius 3 is 2.45 bits per heavy atom. The van der Waals surface area contributed by atoms with Crippen molar-refractivity contribution in [1.29, 1.82) is 0 Å². The molecule has 2 saturated heterocycles. The fraction of sp³-hybridized carbons (Fsp3) is 0.667. The van der Waals surface area contributed by atoms with Crippen molar-refractivity contribution in [2.45, 2.75) is 57.5 Å². The van der Waals surface area contributed by atoms with Crippen LogP contribution in [0.5, 0.6) is 5.75 Å². The second kappa shape index (κ2) is 10.9. The highest BCUT2D eigenvalue weighted by Gasteiger charge is 2.43. The zero-order valence-electron chi connectivity index (χ0n) is 20.2. The number of unbranched alkanes of at least 4 members (excludes halogenated alkanes) is 1. The largest absolute Gasteiger partial charge is 0.496 e. The summed E-state index contributed by atoms with van der Waals surface area (Å²) in [4.78, 5) is 30.4. The van der Waals surface area contributed by atoms with Gasteiger partial charge >= 0.3 is 0 Å². The molecule has 0 saturated carbocycles. The zero-order valence-corrected chi connectivity index (χ0v) is 21.0. The van der Waals surface area contributed by atoms with Crippen molar-refractivity contribution in [3.63, 3.8) is 0 Å². The average Bonchev–Trinajstić information content (AvgIpc) is 2.81. The summed E-state index contributed by atoms with van der Waals surface area (Å²) in [6.45, 7) is 3.73. The molecule has 2 atom stereocenters. The van der Waals surface area contributed by atoms with Gasteiger partial charge in [-0.1, -0.05) is 31.5 Å². The molecule has 2 heterocycles. The predicted molar refractivity (Wildman–Crippen MR) is 127 cm³/mol. The summed E-state index contributed by atoms with van der Waals surface area (Å²) in [6, 6.07) is 7.18. The Morgan fingerprint density at radius 1 is 1.18 bits per heavy atom. The highest BCUT2D eigenvalue weighted by atomic mass is 32.2. The highest BCUT2D eigenvalue weighted by molar-refractivity contribution is 7.88. The second-order valence-corrected chi connectivity index (χ2v) is 11.2. The number of nitrogens with zero attached hydrogens (tertiary/aromatic N) is 3. The topological polar surface area (TPSA) is 87.2 Å². The van der Waals surface area contributed by atoms with Crippen LogP contribution in [0.15, 0.2) is 24.3 Å². The van der Waals surface area contributed by atoms with Crippen LogP contribution in [-0.2, 0) is 19.6 Å². The van der Waals surface area contributed by atoms with Crippen LogP contribution in [0.2, 0.25) is 0 Å². The molecule has 3 rings (SSSR count). The van der Waals surface area contributed by atoms with Crippen LogP contribution in [0, 0.1) is 5.92 Å². The molecule has 0 radical (unpaired) electrons. The van der Waals surface area contributed by atoms with Crippen LogP contribution >= 0.6 is 0 Å². The number of hydrogen-bond acceptors (Lipinski definition) is 5. The van der Waals surface area contributed by atoms with Crippen LogP contribution in [0.4, 0.5) is 0 Å². The monoisotopic (exact) mass is 479 g/mol. The molecule has 2 aliphatic heterocycles. The molecule has 9 heteroatoms. The first-order chi connectivity index (χ1) is 15.7. The number of carbonyl (C=O) groups excluding carboxylic acids is 2. The van der Waals surface area contributed by atoms with Crippen LogP contribution < -0.4 is 4.74 Å². The van der Waals surface area contributed by atoms with Crippen molar-refractivity contribution in [3.05, 3.63) is 29.8 Å². The molecule has 2 aliphatic rings. The van der Waals surface area contributed by atoms with E-state index in [2.05, 4.69) is 6.92 Å². The van der Waals surface area contributed by atoms with Crippen molar-refractivity contribution in [2.24, 2.45) is 5.92 Å². The molecule has 184 valence electrons. The number of likely N-dealkylation sites (tertiary alicyclic amines) is 2.